The van der Waals surface area contributed by atoms with Gasteiger partial charge in [0.1, 0.15) is 18.2 Å². The molecule has 3 aromatic rings. The van der Waals surface area contributed by atoms with E-state index >= 15 is 0 Å². The van der Waals surface area contributed by atoms with Gasteiger partial charge in [0, 0.05) is 12.7 Å². The number of amides is 1. The van der Waals surface area contributed by atoms with Gasteiger partial charge < -0.3 is 14.6 Å². The second-order valence-electron chi connectivity index (χ2n) is 7.27. The van der Waals surface area contributed by atoms with Gasteiger partial charge in [-0.1, -0.05) is 43.8 Å². The molecule has 8 heteroatoms. The molecule has 0 aliphatic carbocycles. The molecule has 1 heterocycles. The Morgan fingerprint density at radius 1 is 1.20 bits per heavy atom. The van der Waals surface area contributed by atoms with Crippen LogP contribution in [0.4, 0.5) is 10.1 Å². The second kappa shape index (κ2) is 9.75. The van der Waals surface area contributed by atoms with E-state index in [9.17, 15) is 9.18 Å². The Kier molecular flexibility index (Phi) is 7.10. The fraction of sp³-hybridized carbons (Fsp3) is 0.318. The number of thioether (sulfide) groups is 1. The number of carbonyl (C=O) groups is 1. The van der Waals surface area contributed by atoms with Crippen LogP contribution in [0.2, 0.25) is 0 Å². The third-order valence-corrected chi connectivity index (χ3v) is 5.67. The first-order valence-corrected chi connectivity index (χ1v) is 10.6. The van der Waals surface area contributed by atoms with Crippen LogP contribution < -0.4 is 10.1 Å². The van der Waals surface area contributed by atoms with Crippen molar-refractivity contribution >= 4 is 23.4 Å². The number of rotatable bonds is 8. The van der Waals surface area contributed by atoms with Crippen LogP contribution in [0.3, 0.4) is 0 Å². The number of aromatic nitrogens is 3. The van der Waals surface area contributed by atoms with Crippen LogP contribution in [-0.4, -0.2) is 26.4 Å². The first kappa shape index (κ1) is 21.8. The summed E-state index contributed by atoms with van der Waals surface area (Å²) in [6.45, 7) is 6.38. The van der Waals surface area contributed by atoms with E-state index in [1.807, 2.05) is 26.1 Å². The van der Waals surface area contributed by atoms with E-state index in [0.29, 0.717) is 22.6 Å². The molecule has 0 saturated carbocycles. The molecule has 0 unspecified atom stereocenters. The monoisotopic (exact) mass is 428 g/mol. The molecule has 1 aromatic heterocycles. The van der Waals surface area contributed by atoms with Gasteiger partial charge in [-0.15, -0.1) is 10.2 Å². The number of benzene rings is 2. The van der Waals surface area contributed by atoms with Gasteiger partial charge in [-0.05, 0) is 48.2 Å². The SMILES string of the molecule is Cc1ccc(F)cc1NC(=O)CSc1nnc(COc2ccc(C(C)C)cc2)n1C. The average molecular weight is 429 g/mol. The number of nitrogens with one attached hydrogen (secondary N) is 1. The Balaban J connectivity index is 1.53. The zero-order chi connectivity index (χ0) is 21.7. The van der Waals surface area contributed by atoms with E-state index in [1.54, 1.807) is 10.6 Å². The molecule has 0 atom stereocenters. The summed E-state index contributed by atoms with van der Waals surface area (Å²) < 4.78 is 21.0. The lowest BCUT2D eigenvalue weighted by molar-refractivity contribution is -0.113. The first-order chi connectivity index (χ1) is 14.3. The number of hydrogen-bond donors (Lipinski definition) is 1. The molecule has 2 aromatic carbocycles. The third-order valence-electron chi connectivity index (χ3n) is 4.65. The lowest BCUT2D eigenvalue weighted by Crippen LogP contribution is -2.15. The van der Waals surface area contributed by atoms with Gasteiger partial charge in [0.15, 0.2) is 11.0 Å². The number of nitrogens with zero attached hydrogens (tertiary/aromatic N) is 3. The van der Waals surface area contributed by atoms with E-state index in [4.69, 9.17) is 4.74 Å². The molecule has 0 aliphatic rings. The van der Waals surface area contributed by atoms with E-state index in [2.05, 4.69) is 41.5 Å². The standard InChI is InChI=1S/C22H25FN4O2S/c1-14(2)16-6-9-18(10-7-16)29-12-20-25-26-22(27(20)4)30-13-21(28)24-19-11-17(23)8-5-15(19)3/h5-11,14H,12-13H2,1-4H3,(H,24,28). The lowest BCUT2D eigenvalue weighted by atomic mass is 10.0. The highest BCUT2D eigenvalue weighted by Crippen LogP contribution is 2.21. The summed E-state index contributed by atoms with van der Waals surface area (Å²) in [5, 5.41) is 11.6. The van der Waals surface area contributed by atoms with Crippen molar-refractivity contribution in [1.29, 1.82) is 0 Å². The topological polar surface area (TPSA) is 69.0 Å². The molecular formula is C22H25FN4O2S. The van der Waals surface area contributed by atoms with Crippen molar-refractivity contribution in [2.24, 2.45) is 7.05 Å². The number of ether oxygens (including phenoxy) is 1. The van der Waals surface area contributed by atoms with Gasteiger partial charge in [0.05, 0.1) is 5.75 Å². The summed E-state index contributed by atoms with van der Waals surface area (Å²) in [5.74, 6) is 1.41. The molecule has 158 valence electrons. The highest BCUT2D eigenvalue weighted by Gasteiger charge is 2.13. The fourth-order valence-electron chi connectivity index (χ4n) is 2.74. The summed E-state index contributed by atoms with van der Waals surface area (Å²) in [6.07, 6.45) is 0. The Hall–Kier alpha value is -2.87. The third kappa shape index (κ3) is 5.60. The Morgan fingerprint density at radius 3 is 2.63 bits per heavy atom. The van der Waals surface area contributed by atoms with Crippen LogP contribution in [0.25, 0.3) is 0 Å². The normalized spacial score (nSPS) is 11.0. The summed E-state index contributed by atoms with van der Waals surface area (Å²) in [5.41, 5.74) is 2.52. The lowest BCUT2D eigenvalue weighted by Gasteiger charge is -2.09. The van der Waals surface area contributed by atoms with Crippen LogP contribution in [0.1, 0.15) is 36.7 Å². The Bertz CT molecular complexity index is 1020. The van der Waals surface area contributed by atoms with Crippen molar-refractivity contribution in [2.75, 3.05) is 11.1 Å². The number of carbonyl (C=O) groups excluding carboxylic acids is 1. The first-order valence-electron chi connectivity index (χ1n) is 9.63. The van der Waals surface area contributed by atoms with E-state index < -0.39 is 0 Å². The second-order valence-corrected chi connectivity index (χ2v) is 8.21. The van der Waals surface area contributed by atoms with Crippen molar-refractivity contribution in [1.82, 2.24) is 14.8 Å². The van der Waals surface area contributed by atoms with Gasteiger partial charge >= 0.3 is 0 Å². The molecule has 0 saturated heterocycles. The molecule has 6 nitrogen and oxygen atoms in total. The molecule has 1 N–H and O–H groups in total. The largest absolute Gasteiger partial charge is 0.486 e. The highest BCUT2D eigenvalue weighted by molar-refractivity contribution is 7.99. The number of halogens is 1. The van der Waals surface area contributed by atoms with Gasteiger partial charge in [-0.25, -0.2) is 4.39 Å². The zero-order valence-electron chi connectivity index (χ0n) is 17.5. The summed E-state index contributed by atoms with van der Waals surface area (Å²) in [4.78, 5) is 12.2. The minimum absolute atomic E-state index is 0.138. The highest BCUT2D eigenvalue weighted by atomic mass is 32.2. The van der Waals surface area contributed by atoms with Crippen LogP contribution in [0, 0.1) is 12.7 Å². The van der Waals surface area contributed by atoms with Crippen molar-refractivity contribution < 1.29 is 13.9 Å². The summed E-state index contributed by atoms with van der Waals surface area (Å²) >= 11 is 1.26. The molecule has 0 fully saturated rings. The zero-order valence-corrected chi connectivity index (χ0v) is 18.3. The molecule has 0 aliphatic heterocycles. The quantitative estimate of drug-likeness (QED) is 0.527. The molecule has 3 rings (SSSR count). The molecule has 0 bridgehead atoms. The molecule has 0 spiro atoms. The van der Waals surface area contributed by atoms with Crippen LogP contribution in [-0.2, 0) is 18.4 Å². The van der Waals surface area contributed by atoms with Crippen LogP contribution >= 0.6 is 11.8 Å². The van der Waals surface area contributed by atoms with E-state index in [1.165, 1.54) is 29.5 Å². The molecule has 30 heavy (non-hydrogen) atoms. The number of hydrogen-bond acceptors (Lipinski definition) is 5. The van der Waals surface area contributed by atoms with Gasteiger partial charge in [0.2, 0.25) is 5.91 Å². The maximum atomic E-state index is 13.4. The van der Waals surface area contributed by atoms with Crippen molar-refractivity contribution in [3.05, 3.63) is 65.2 Å². The van der Waals surface area contributed by atoms with Crippen molar-refractivity contribution in [3.63, 3.8) is 0 Å². The maximum absolute atomic E-state index is 13.4. The van der Waals surface area contributed by atoms with Crippen LogP contribution in [0.5, 0.6) is 5.75 Å². The van der Waals surface area contributed by atoms with Crippen LogP contribution in [0.15, 0.2) is 47.6 Å². The van der Waals surface area contributed by atoms with Gasteiger partial charge in [0.25, 0.3) is 0 Å². The smallest absolute Gasteiger partial charge is 0.234 e. The molecular weight excluding hydrogens is 403 g/mol. The summed E-state index contributed by atoms with van der Waals surface area (Å²) in [7, 11) is 1.83. The summed E-state index contributed by atoms with van der Waals surface area (Å²) in [6, 6.07) is 12.3. The van der Waals surface area contributed by atoms with E-state index in [-0.39, 0.29) is 24.1 Å². The fourth-order valence-corrected chi connectivity index (χ4v) is 3.47. The maximum Gasteiger partial charge on any atom is 0.234 e. The molecule has 0 radical (unpaired) electrons. The average Bonchev–Trinajstić information content (AvgIpc) is 3.07. The number of anilines is 1. The Labute approximate surface area is 179 Å². The number of aryl methyl sites for hydroxylation is 1. The van der Waals surface area contributed by atoms with Gasteiger partial charge in [-0.2, -0.15) is 0 Å². The van der Waals surface area contributed by atoms with E-state index in [0.717, 1.165) is 11.3 Å². The van der Waals surface area contributed by atoms with Gasteiger partial charge in [-0.3, -0.25) is 4.79 Å². The predicted octanol–water partition coefficient (Wildman–Crippen LogP) is 4.70. The minimum Gasteiger partial charge on any atom is -0.486 e. The Morgan fingerprint density at radius 2 is 1.93 bits per heavy atom. The predicted molar refractivity (Wildman–Crippen MR) is 116 cm³/mol. The van der Waals surface area contributed by atoms with Crippen molar-refractivity contribution in [2.45, 2.75) is 38.5 Å². The van der Waals surface area contributed by atoms with Crippen molar-refractivity contribution in [3.8, 4) is 5.75 Å². The minimum atomic E-state index is -0.389. The molecule has 1 amide bonds.